The van der Waals surface area contributed by atoms with E-state index in [0.717, 1.165) is 11.3 Å². The van der Waals surface area contributed by atoms with Crippen LogP contribution in [0.5, 0.6) is 0 Å². The number of nitrogens with zero attached hydrogens (tertiary/aromatic N) is 1. The zero-order chi connectivity index (χ0) is 19.0. The van der Waals surface area contributed by atoms with E-state index in [1.807, 2.05) is 0 Å². The third-order valence-corrected chi connectivity index (χ3v) is 5.65. The summed E-state index contributed by atoms with van der Waals surface area (Å²) in [6, 6.07) is 11.4. The second-order valence-electron chi connectivity index (χ2n) is 5.53. The SMILES string of the molecule is O=C(Nc1ccsc1C(=O)NN1C(=O)c2ccccc2C1=O)c1cccs1. The number of carbonyl (C=O) groups excluding carboxylic acids is 4. The fraction of sp³-hybridized carbons (Fsp3) is 0. The van der Waals surface area contributed by atoms with Gasteiger partial charge in [0.1, 0.15) is 4.88 Å². The lowest BCUT2D eigenvalue weighted by molar-refractivity contribution is 0.0519. The molecule has 2 N–H and O–H groups in total. The van der Waals surface area contributed by atoms with Crippen molar-refractivity contribution in [1.82, 2.24) is 10.4 Å². The van der Waals surface area contributed by atoms with E-state index in [2.05, 4.69) is 10.7 Å². The van der Waals surface area contributed by atoms with E-state index >= 15 is 0 Å². The largest absolute Gasteiger partial charge is 0.320 e. The number of carbonyl (C=O) groups is 4. The van der Waals surface area contributed by atoms with Crippen LogP contribution in [0.1, 0.15) is 40.1 Å². The lowest BCUT2D eigenvalue weighted by atomic mass is 10.1. The summed E-state index contributed by atoms with van der Waals surface area (Å²) in [6.07, 6.45) is 0. The molecule has 27 heavy (non-hydrogen) atoms. The molecule has 1 aliphatic rings. The Morgan fingerprint density at radius 1 is 0.815 bits per heavy atom. The van der Waals surface area contributed by atoms with Gasteiger partial charge in [0.15, 0.2) is 0 Å². The molecule has 2 aromatic heterocycles. The van der Waals surface area contributed by atoms with E-state index in [0.29, 0.717) is 15.6 Å². The van der Waals surface area contributed by atoms with Crippen molar-refractivity contribution < 1.29 is 19.2 Å². The van der Waals surface area contributed by atoms with Crippen LogP contribution in [0, 0.1) is 0 Å². The molecule has 134 valence electrons. The molecule has 0 radical (unpaired) electrons. The molecule has 4 amide bonds. The van der Waals surface area contributed by atoms with Gasteiger partial charge in [-0.05, 0) is 35.0 Å². The molecular weight excluding hydrogens is 386 g/mol. The summed E-state index contributed by atoms with van der Waals surface area (Å²) in [4.78, 5) is 50.2. The molecule has 7 nitrogen and oxygen atoms in total. The number of nitrogens with one attached hydrogen (secondary N) is 2. The number of imide groups is 1. The molecule has 0 saturated heterocycles. The normalized spacial score (nSPS) is 12.8. The van der Waals surface area contributed by atoms with E-state index in [1.165, 1.54) is 23.5 Å². The van der Waals surface area contributed by atoms with Crippen LogP contribution in [-0.4, -0.2) is 28.6 Å². The molecule has 0 atom stereocenters. The van der Waals surface area contributed by atoms with Crippen LogP contribution in [0.4, 0.5) is 5.69 Å². The summed E-state index contributed by atoms with van der Waals surface area (Å²) in [5.41, 5.74) is 3.12. The first-order valence-corrected chi connectivity index (χ1v) is 9.53. The minimum Gasteiger partial charge on any atom is -0.320 e. The number of hydrazine groups is 1. The van der Waals surface area contributed by atoms with Gasteiger partial charge in [0.05, 0.1) is 21.7 Å². The number of anilines is 1. The Bertz CT molecular complexity index is 1040. The van der Waals surface area contributed by atoms with E-state index in [1.54, 1.807) is 41.1 Å². The number of hydrogen-bond acceptors (Lipinski definition) is 6. The summed E-state index contributed by atoms with van der Waals surface area (Å²) in [7, 11) is 0. The predicted octanol–water partition coefficient (Wildman–Crippen LogP) is 3.00. The van der Waals surface area contributed by atoms with Gasteiger partial charge < -0.3 is 5.32 Å². The van der Waals surface area contributed by atoms with Crippen molar-refractivity contribution in [1.29, 1.82) is 0 Å². The van der Waals surface area contributed by atoms with Crippen LogP contribution >= 0.6 is 22.7 Å². The number of hydrogen-bond donors (Lipinski definition) is 2. The summed E-state index contributed by atoms with van der Waals surface area (Å²) in [5.74, 6) is -2.17. The quantitative estimate of drug-likeness (QED) is 0.662. The number of benzene rings is 1. The topological polar surface area (TPSA) is 95.6 Å². The smallest absolute Gasteiger partial charge is 0.282 e. The second kappa shape index (κ2) is 6.78. The highest BCUT2D eigenvalue weighted by molar-refractivity contribution is 7.13. The zero-order valence-electron chi connectivity index (χ0n) is 13.6. The first-order chi connectivity index (χ1) is 13.1. The summed E-state index contributed by atoms with van der Waals surface area (Å²) in [6.45, 7) is 0. The molecule has 0 fully saturated rings. The van der Waals surface area contributed by atoms with Crippen molar-refractivity contribution >= 4 is 52.0 Å². The summed E-state index contributed by atoms with van der Waals surface area (Å²) in [5, 5.41) is 6.78. The highest BCUT2D eigenvalue weighted by Crippen LogP contribution is 2.25. The Morgan fingerprint density at radius 2 is 1.52 bits per heavy atom. The van der Waals surface area contributed by atoms with Gasteiger partial charge in [-0.1, -0.05) is 18.2 Å². The van der Waals surface area contributed by atoms with Gasteiger partial charge in [-0.25, -0.2) is 0 Å². The van der Waals surface area contributed by atoms with E-state index in [-0.39, 0.29) is 21.9 Å². The molecule has 1 aromatic carbocycles. The minimum absolute atomic E-state index is 0.191. The first kappa shape index (κ1) is 17.1. The van der Waals surface area contributed by atoms with Crippen LogP contribution < -0.4 is 10.7 Å². The van der Waals surface area contributed by atoms with Gasteiger partial charge in [-0.2, -0.15) is 5.01 Å². The van der Waals surface area contributed by atoms with Gasteiger partial charge >= 0.3 is 0 Å². The molecule has 3 aromatic rings. The molecule has 0 bridgehead atoms. The van der Waals surface area contributed by atoms with Crippen LogP contribution in [0.25, 0.3) is 0 Å². The molecule has 0 saturated carbocycles. The molecule has 0 unspecified atom stereocenters. The van der Waals surface area contributed by atoms with Crippen LogP contribution in [0.3, 0.4) is 0 Å². The van der Waals surface area contributed by atoms with Crippen LogP contribution in [-0.2, 0) is 0 Å². The van der Waals surface area contributed by atoms with Gasteiger partial charge in [0, 0.05) is 0 Å². The Balaban J connectivity index is 1.52. The van der Waals surface area contributed by atoms with Gasteiger partial charge in [-0.15, -0.1) is 22.7 Å². The van der Waals surface area contributed by atoms with Crippen molar-refractivity contribution in [2.75, 3.05) is 5.32 Å². The maximum atomic E-state index is 12.6. The van der Waals surface area contributed by atoms with Crippen molar-refractivity contribution in [2.24, 2.45) is 0 Å². The van der Waals surface area contributed by atoms with E-state index in [9.17, 15) is 19.2 Å². The van der Waals surface area contributed by atoms with E-state index < -0.39 is 17.7 Å². The Labute approximate surface area is 161 Å². The third kappa shape index (κ3) is 3.03. The van der Waals surface area contributed by atoms with E-state index in [4.69, 9.17) is 0 Å². The second-order valence-corrected chi connectivity index (χ2v) is 7.39. The van der Waals surface area contributed by atoms with Gasteiger partial charge in [-0.3, -0.25) is 24.6 Å². The Hall–Kier alpha value is -3.30. The Kier molecular flexibility index (Phi) is 4.30. The van der Waals surface area contributed by atoms with Crippen LogP contribution in [0.2, 0.25) is 0 Å². The number of thiophene rings is 2. The molecule has 0 spiro atoms. The molecule has 3 heterocycles. The maximum Gasteiger partial charge on any atom is 0.282 e. The van der Waals surface area contributed by atoms with Crippen molar-refractivity contribution in [2.45, 2.75) is 0 Å². The summed E-state index contributed by atoms with van der Waals surface area (Å²) < 4.78 is 0. The van der Waals surface area contributed by atoms with Gasteiger partial charge in [0.2, 0.25) is 0 Å². The predicted molar refractivity (Wildman–Crippen MR) is 101 cm³/mol. The first-order valence-electron chi connectivity index (χ1n) is 7.77. The highest BCUT2D eigenvalue weighted by Gasteiger charge is 2.37. The standard InChI is InChI=1S/C18H11N3O4S2/c22-15(13-6-3-8-26-13)19-12-7-9-27-14(12)16(23)20-21-17(24)10-4-1-2-5-11(10)18(21)25/h1-9H,(H,19,22)(H,20,23). The van der Waals surface area contributed by atoms with Crippen molar-refractivity contribution in [3.8, 4) is 0 Å². The fourth-order valence-electron chi connectivity index (χ4n) is 2.62. The molecular formula is C18H11N3O4S2. The Morgan fingerprint density at radius 3 is 2.15 bits per heavy atom. The van der Waals surface area contributed by atoms with Crippen molar-refractivity contribution in [3.05, 3.63) is 74.1 Å². The monoisotopic (exact) mass is 397 g/mol. The number of rotatable bonds is 4. The average molecular weight is 397 g/mol. The zero-order valence-corrected chi connectivity index (χ0v) is 15.2. The third-order valence-electron chi connectivity index (χ3n) is 3.87. The lowest BCUT2D eigenvalue weighted by Gasteiger charge is -2.15. The fourth-order valence-corrected chi connectivity index (χ4v) is 3.98. The lowest BCUT2D eigenvalue weighted by Crippen LogP contribution is -2.45. The summed E-state index contributed by atoms with van der Waals surface area (Å²) >= 11 is 2.37. The maximum absolute atomic E-state index is 12.6. The molecule has 9 heteroatoms. The number of amides is 4. The van der Waals surface area contributed by atoms with Crippen LogP contribution in [0.15, 0.2) is 53.2 Å². The molecule has 0 aliphatic carbocycles. The average Bonchev–Trinajstić information content (AvgIpc) is 3.40. The molecule has 1 aliphatic heterocycles. The molecule has 4 rings (SSSR count). The van der Waals surface area contributed by atoms with Crippen molar-refractivity contribution in [3.63, 3.8) is 0 Å². The van der Waals surface area contributed by atoms with Gasteiger partial charge in [0.25, 0.3) is 23.6 Å². The minimum atomic E-state index is -0.652. The highest BCUT2D eigenvalue weighted by atomic mass is 32.1. The number of fused-ring (bicyclic) bond motifs is 1.